The second kappa shape index (κ2) is 9.59. The average molecular weight is 373 g/mol. The number of anilines is 1. The Morgan fingerprint density at radius 2 is 1.63 bits per heavy atom. The first-order valence-electron chi connectivity index (χ1n) is 8.47. The second-order valence-electron chi connectivity index (χ2n) is 6.12. The molecule has 2 rings (SSSR count). The largest absolute Gasteiger partial charge is 0.493 e. The summed E-state index contributed by atoms with van der Waals surface area (Å²) in [5.74, 6) is 0.816. The van der Waals surface area contributed by atoms with Gasteiger partial charge in [0.15, 0.2) is 18.0 Å². The van der Waals surface area contributed by atoms with Crippen molar-refractivity contribution in [3.05, 3.63) is 53.6 Å². The minimum atomic E-state index is -0.410. The number of esters is 1. The lowest BCUT2D eigenvalue weighted by molar-refractivity contribution is -0.885. The molecule has 27 heavy (non-hydrogen) atoms. The minimum absolute atomic E-state index is 0.112. The van der Waals surface area contributed by atoms with Crippen molar-refractivity contribution in [2.75, 3.05) is 40.2 Å². The smallest absolute Gasteiger partial charge is 0.337 e. The molecule has 144 valence electrons. The van der Waals surface area contributed by atoms with E-state index in [0.717, 1.165) is 10.5 Å². The monoisotopic (exact) mass is 373 g/mol. The Hall–Kier alpha value is -3.06. The van der Waals surface area contributed by atoms with Gasteiger partial charge in [-0.3, -0.25) is 4.79 Å². The summed E-state index contributed by atoms with van der Waals surface area (Å²) in [6.07, 6.45) is 0. The van der Waals surface area contributed by atoms with Gasteiger partial charge in [0, 0.05) is 11.3 Å². The van der Waals surface area contributed by atoms with E-state index in [1.54, 1.807) is 38.5 Å². The van der Waals surface area contributed by atoms with E-state index in [0.29, 0.717) is 35.8 Å². The van der Waals surface area contributed by atoms with Gasteiger partial charge in [0.1, 0.15) is 6.54 Å². The Morgan fingerprint density at radius 1 is 0.963 bits per heavy atom. The number of amides is 1. The van der Waals surface area contributed by atoms with E-state index >= 15 is 0 Å². The van der Waals surface area contributed by atoms with Gasteiger partial charge in [0.05, 0.1) is 33.9 Å². The van der Waals surface area contributed by atoms with Crippen LogP contribution in [0.5, 0.6) is 11.5 Å². The fourth-order valence-corrected chi connectivity index (χ4v) is 2.69. The zero-order valence-electron chi connectivity index (χ0n) is 16.0. The summed E-state index contributed by atoms with van der Waals surface area (Å²) in [5.41, 5.74) is 2.11. The van der Waals surface area contributed by atoms with Crippen molar-refractivity contribution in [1.29, 1.82) is 0 Å². The van der Waals surface area contributed by atoms with Gasteiger partial charge >= 0.3 is 5.97 Å². The predicted octanol–water partition coefficient (Wildman–Crippen LogP) is 1.14. The normalized spacial score (nSPS) is 11.4. The maximum atomic E-state index is 12.2. The number of rotatable bonds is 8. The van der Waals surface area contributed by atoms with Crippen LogP contribution in [0.1, 0.15) is 15.9 Å². The number of nitrogens with one attached hydrogen (secondary N) is 2. The molecule has 0 saturated heterocycles. The van der Waals surface area contributed by atoms with Crippen molar-refractivity contribution in [1.82, 2.24) is 0 Å². The van der Waals surface area contributed by atoms with Gasteiger partial charge < -0.3 is 24.4 Å². The number of methoxy groups -OCH3 is 3. The first kappa shape index (κ1) is 20.3. The quantitative estimate of drug-likeness (QED) is 0.679. The summed E-state index contributed by atoms with van der Waals surface area (Å²) < 4.78 is 15.2. The highest BCUT2D eigenvalue weighted by molar-refractivity contribution is 5.93. The van der Waals surface area contributed by atoms with Crippen molar-refractivity contribution in [3.8, 4) is 11.5 Å². The fourth-order valence-electron chi connectivity index (χ4n) is 2.69. The Kier molecular flexibility index (Phi) is 7.19. The molecule has 0 aliphatic heterocycles. The number of likely N-dealkylation sites (N-methyl/N-ethyl adjacent to an activating group) is 1. The maximum Gasteiger partial charge on any atom is 0.337 e. The summed E-state index contributed by atoms with van der Waals surface area (Å²) in [4.78, 5) is 24.7. The zero-order valence-corrected chi connectivity index (χ0v) is 16.0. The second-order valence-corrected chi connectivity index (χ2v) is 6.12. The SMILES string of the molecule is COC(=O)c1ccc(NC(=O)C[NH+](C)Cc2ccc(OC)c(OC)c2)cc1. The van der Waals surface area contributed by atoms with E-state index in [-0.39, 0.29) is 5.91 Å². The highest BCUT2D eigenvalue weighted by Crippen LogP contribution is 2.27. The van der Waals surface area contributed by atoms with Gasteiger partial charge in [-0.1, -0.05) is 0 Å². The molecule has 0 aliphatic rings. The van der Waals surface area contributed by atoms with Crippen LogP contribution in [0, 0.1) is 0 Å². The molecule has 2 N–H and O–H groups in total. The van der Waals surface area contributed by atoms with E-state index in [1.807, 2.05) is 25.2 Å². The third-order valence-corrected chi connectivity index (χ3v) is 4.01. The molecule has 2 aromatic rings. The lowest BCUT2D eigenvalue weighted by Gasteiger charge is -2.15. The number of benzene rings is 2. The average Bonchev–Trinajstić information content (AvgIpc) is 2.67. The molecular weight excluding hydrogens is 348 g/mol. The van der Waals surface area contributed by atoms with Gasteiger partial charge in [0.25, 0.3) is 5.91 Å². The van der Waals surface area contributed by atoms with Crippen LogP contribution in [-0.2, 0) is 16.1 Å². The third kappa shape index (κ3) is 5.72. The lowest BCUT2D eigenvalue weighted by atomic mass is 10.2. The Bertz CT molecular complexity index is 789. The predicted molar refractivity (Wildman–Crippen MR) is 101 cm³/mol. The number of quaternary nitrogens is 1. The Labute approximate surface area is 158 Å². The molecule has 0 heterocycles. The van der Waals surface area contributed by atoms with Crippen LogP contribution < -0.4 is 19.7 Å². The van der Waals surface area contributed by atoms with Crippen molar-refractivity contribution < 1.29 is 28.7 Å². The van der Waals surface area contributed by atoms with Crippen molar-refractivity contribution in [3.63, 3.8) is 0 Å². The van der Waals surface area contributed by atoms with Gasteiger partial charge in [-0.05, 0) is 42.5 Å². The molecule has 1 amide bonds. The molecular formula is C20H25N2O5+. The van der Waals surface area contributed by atoms with Gasteiger partial charge in [-0.25, -0.2) is 4.79 Å². The first-order valence-corrected chi connectivity index (χ1v) is 8.47. The van der Waals surface area contributed by atoms with Gasteiger partial charge in [-0.2, -0.15) is 0 Å². The minimum Gasteiger partial charge on any atom is -0.493 e. The summed E-state index contributed by atoms with van der Waals surface area (Å²) in [6.45, 7) is 0.960. The van der Waals surface area contributed by atoms with Crippen molar-refractivity contribution in [2.24, 2.45) is 0 Å². The molecule has 0 aliphatic carbocycles. The van der Waals surface area contributed by atoms with E-state index in [1.165, 1.54) is 7.11 Å². The molecule has 1 atom stereocenters. The number of carbonyl (C=O) groups is 2. The molecule has 7 nitrogen and oxygen atoms in total. The van der Waals surface area contributed by atoms with E-state index < -0.39 is 5.97 Å². The van der Waals surface area contributed by atoms with Crippen molar-refractivity contribution in [2.45, 2.75) is 6.54 Å². The van der Waals surface area contributed by atoms with Gasteiger partial charge in [0.2, 0.25) is 0 Å². The Balaban J connectivity index is 1.91. The summed E-state index contributed by atoms with van der Waals surface area (Å²) in [5, 5.41) is 2.83. The van der Waals surface area contributed by atoms with E-state index in [2.05, 4.69) is 10.1 Å². The topological polar surface area (TPSA) is 78.3 Å². The van der Waals surface area contributed by atoms with Crippen LogP contribution in [0.2, 0.25) is 0 Å². The molecule has 2 aromatic carbocycles. The highest BCUT2D eigenvalue weighted by Gasteiger charge is 2.13. The molecule has 7 heteroatoms. The molecule has 0 aromatic heterocycles. The maximum absolute atomic E-state index is 12.2. The van der Waals surface area contributed by atoms with Gasteiger partial charge in [-0.15, -0.1) is 0 Å². The van der Waals surface area contributed by atoms with Crippen LogP contribution in [0.25, 0.3) is 0 Å². The van der Waals surface area contributed by atoms with Crippen LogP contribution >= 0.6 is 0 Å². The third-order valence-electron chi connectivity index (χ3n) is 4.01. The summed E-state index contributed by atoms with van der Waals surface area (Å²) in [7, 11) is 6.46. The Morgan fingerprint density at radius 3 is 2.22 bits per heavy atom. The number of carbonyl (C=O) groups excluding carboxylic acids is 2. The number of hydrogen-bond donors (Lipinski definition) is 2. The molecule has 0 saturated carbocycles. The first-order chi connectivity index (χ1) is 13.0. The molecule has 0 fully saturated rings. The highest BCUT2D eigenvalue weighted by atomic mass is 16.5. The van der Waals surface area contributed by atoms with Crippen LogP contribution in [-0.4, -0.2) is 46.8 Å². The zero-order chi connectivity index (χ0) is 19.8. The standard InChI is InChI=1S/C20H24N2O5/c1-22(12-14-5-10-17(25-2)18(11-14)26-3)13-19(23)21-16-8-6-15(7-9-16)20(24)27-4/h5-11H,12-13H2,1-4H3,(H,21,23)/p+1. The summed E-state index contributed by atoms with van der Waals surface area (Å²) >= 11 is 0. The molecule has 1 unspecified atom stereocenters. The van der Waals surface area contributed by atoms with Crippen LogP contribution in [0.3, 0.4) is 0 Å². The fraction of sp³-hybridized carbons (Fsp3) is 0.300. The molecule has 0 spiro atoms. The summed E-state index contributed by atoms with van der Waals surface area (Å²) in [6, 6.07) is 12.3. The van der Waals surface area contributed by atoms with Crippen molar-refractivity contribution >= 4 is 17.6 Å². The number of ether oxygens (including phenoxy) is 3. The van der Waals surface area contributed by atoms with Crippen LogP contribution in [0.4, 0.5) is 5.69 Å². The number of hydrogen-bond acceptors (Lipinski definition) is 5. The van der Waals surface area contributed by atoms with E-state index in [9.17, 15) is 9.59 Å². The molecule has 0 bridgehead atoms. The van der Waals surface area contributed by atoms with Crippen LogP contribution in [0.15, 0.2) is 42.5 Å². The van der Waals surface area contributed by atoms with E-state index in [4.69, 9.17) is 9.47 Å². The molecule has 0 radical (unpaired) electrons. The lowest BCUT2D eigenvalue weighted by Crippen LogP contribution is -3.08.